The first kappa shape index (κ1) is 11.0. The Morgan fingerprint density at radius 2 is 2.46 bits per heavy atom. The predicted octanol–water partition coefficient (Wildman–Crippen LogP) is 1.04. The van der Waals surface area contributed by atoms with Crippen LogP contribution in [0.5, 0.6) is 0 Å². The molecule has 0 radical (unpaired) electrons. The number of likely N-dealkylation sites (N-methyl/N-ethyl adjacent to an activating group) is 1. The molecule has 0 spiro atoms. The number of nitrogens with one attached hydrogen (secondary N) is 1. The van der Waals surface area contributed by atoms with Crippen molar-refractivity contribution in [3.63, 3.8) is 0 Å². The highest BCUT2D eigenvalue weighted by Gasteiger charge is 2.17. The van der Waals surface area contributed by atoms with Crippen LogP contribution in [0.3, 0.4) is 0 Å². The molecule has 78 valence electrons. The average molecular weight is 187 g/mol. The summed E-state index contributed by atoms with van der Waals surface area (Å²) in [7, 11) is 1.96. The Balaban J connectivity index is 2.07. The van der Waals surface area contributed by atoms with Gasteiger partial charge in [-0.2, -0.15) is 0 Å². The third kappa shape index (κ3) is 4.07. The molecule has 1 saturated heterocycles. The molecule has 1 aliphatic heterocycles. The zero-order chi connectivity index (χ0) is 9.52. The largest absolute Gasteiger partial charge is 0.381 e. The third-order valence-corrected chi connectivity index (χ3v) is 2.48. The molecule has 0 bridgehead atoms. The maximum absolute atomic E-state index is 5.77. The van der Waals surface area contributed by atoms with Gasteiger partial charge in [0, 0.05) is 19.1 Å². The summed E-state index contributed by atoms with van der Waals surface area (Å²) < 4.78 is 11.1. The van der Waals surface area contributed by atoms with Crippen LogP contribution in [0.2, 0.25) is 0 Å². The molecular weight excluding hydrogens is 166 g/mol. The monoisotopic (exact) mass is 187 g/mol. The molecular formula is C10H21NO2. The summed E-state index contributed by atoms with van der Waals surface area (Å²) in [5.41, 5.74) is 0. The van der Waals surface area contributed by atoms with Gasteiger partial charge in [0.25, 0.3) is 0 Å². The lowest BCUT2D eigenvalue weighted by Gasteiger charge is -2.17. The molecule has 0 aromatic carbocycles. The second-order valence-electron chi connectivity index (χ2n) is 3.65. The molecule has 13 heavy (non-hydrogen) atoms. The van der Waals surface area contributed by atoms with Gasteiger partial charge in [-0.25, -0.2) is 0 Å². The lowest BCUT2D eigenvalue weighted by Crippen LogP contribution is -2.28. The Bertz CT molecular complexity index is 124. The van der Waals surface area contributed by atoms with E-state index in [-0.39, 0.29) is 0 Å². The summed E-state index contributed by atoms with van der Waals surface area (Å²) in [6.45, 7) is 5.77. The van der Waals surface area contributed by atoms with Crippen molar-refractivity contribution >= 4 is 0 Å². The first-order valence-electron chi connectivity index (χ1n) is 5.20. The van der Waals surface area contributed by atoms with Gasteiger partial charge in [-0.05, 0) is 19.9 Å². The van der Waals surface area contributed by atoms with Gasteiger partial charge in [0.05, 0.1) is 19.3 Å². The molecule has 1 rings (SSSR count). The molecule has 1 aliphatic rings. The van der Waals surface area contributed by atoms with E-state index in [1.54, 1.807) is 0 Å². The van der Waals surface area contributed by atoms with Crippen molar-refractivity contribution in [1.82, 2.24) is 5.32 Å². The smallest absolute Gasteiger partial charge is 0.0696 e. The standard InChI is InChI=1S/C10H21NO2/c1-3-10(6-11-2)13-8-9-4-5-12-7-9/h9-11H,3-8H2,1-2H3. The highest BCUT2D eigenvalue weighted by molar-refractivity contribution is 4.65. The van der Waals surface area contributed by atoms with Gasteiger partial charge in [-0.15, -0.1) is 0 Å². The zero-order valence-electron chi connectivity index (χ0n) is 8.71. The Morgan fingerprint density at radius 1 is 1.62 bits per heavy atom. The van der Waals surface area contributed by atoms with Crippen LogP contribution in [-0.4, -0.2) is 39.5 Å². The van der Waals surface area contributed by atoms with E-state index >= 15 is 0 Å². The van der Waals surface area contributed by atoms with E-state index in [4.69, 9.17) is 9.47 Å². The molecule has 0 aliphatic carbocycles. The second kappa shape index (κ2) is 6.35. The molecule has 2 unspecified atom stereocenters. The van der Waals surface area contributed by atoms with E-state index in [9.17, 15) is 0 Å². The van der Waals surface area contributed by atoms with Crippen LogP contribution >= 0.6 is 0 Å². The number of hydrogen-bond donors (Lipinski definition) is 1. The lowest BCUT2D eigenvalue weighted by atomic mass is 10.1. The van der Waals surface area contributed by atoms with Gasteiger partial charge in [-0.3, -0.25) is 0 Å². The van der Waals surface area contributed by atoms with E-state index in [0.717, 1.165) is 39.2 Å². The van der Waals surface area contributed by atoms with Gasteiger partial charge in [0.2, 0.25) is 0 Å². The van der Waals surface area contributed by atoms with E-state index in [0.29, 0.717) is 12.0 Å². The minimum absolute atomic E-state index is 0.366. The van der Waals surface area contributed by atoms with Crippen LogP contribution in [0.1, 0.15) is 19.8 Å². The van der Waals surface area contributed by atoms with Crippen molar-refractivity contribution in [2.45, 2.75) is 25.9 Å². The predicted molar refractivity (Wildman–Crippen MR) is 52.9 cm³/mol. The summed E-state index contributed by atoms with van der Waals surface area (Å²) in [5.74, 6) is 0.630. The van der Waals surface area contributed by atoms with Crippen molar-refractivity contribution in [1.29, 1.82) is 0 Å². The van der Waals surface area contributed by atoms with Gasteiger partial charge >= 0.3 is 0 Å². The molecule has 1 N–H and O–H groups in total. The van der Waals surface area contributed by atoms with E-state index in [1.165, 1.54) is 0 Å². The van der Waals surface area contributed by atoms with Crippen molar-refractivity contribution < 1.29 is 9.47 Å². The fourth-order valence-electron chi connectivity index (χ4n) is 1.54. The summed E-state index contributed by atoms with van der Waals surface area (Å²) in [5, 5.41) is 3.14. The van der Waals surface area contributed by atoms with Gasteiger partial charge < -0.3 is 14.8 Å². The average Bonchev–Trinajstić information content (AvgIpc) is 2.64. The molecule has 0 aromatic heterocycles. The molecule has 1 fully saturated rings. The molecule has 3 heteroatoms. The zero-order valence-corrected chi connectivity index (χ0v) is 8.71. The first-order chi connectivity index (χ1) is 6.36. The van der Waals surface area contributed by atoms with Gasteiger partial charge in [0.15, 0.2) is 0 Å². The van der Waals surface area contributed by atoms with Gasteiger partial charge in [-0.1, -0.05) is 6.92 Å². The first-order valence-corrected chi connectivity index (χ1v) is 5.20. The van der Waals surface area contributed by atoms with Crippen LogP contribution in [0.4, 0.5) is 0 Å². The van der Waals surface area contributed by atoms with Crippen LogP contribution in [0.15, 0.2) is 0 Å². The topological polar surface area (TPSA) is 30.5 Å². The molecule has 0 aromatic rings. The number of hydrogen-bond acceptors (Lipinski definition) is 3. The quantitative estimate of drug-likeness (QED) is 0.674. The minimum Gasteiger partial charge on any atom is -0.381 e. The summed E-state index contributed by atoms with van der Waals surface area (Å²) in [6, 6.07) is 0. The molecule has 3 nitrogen and oxygen atoms in total. The lowest BCUT2D eigenvalue weighted by molar-refractivity contribution is 0.0255. The van der Waals surface area contributed by atoms with E-state index in [2.05, 4.69) is 12.2 Å². The minimum atomic E-state index is 0.366. The Morgan fingerprint density at radius 3 is 3.00 bits per heavy atom. The maximum Gasteiger partial charge on any atom is 0.0696 e. The highest BCUT2D eigenvalue weighted by Crippen LogP contribution is 2.13. The highest BCUT2D eigenvalue weighted by atomic mass is 16.5. The Hall–Kier alpha value is -0.120. The van der Waals surface area contributed by atoms with Gasteiger partial charge in [0.1, 0.15) is 0 Å². The second-order valence-corrected chi connectivity index (χ2v) is 3.65. The SMILES string of the molecule is CCC(CNC)OCC1CCOC1. The molecule has 1 heterocycles. The van der Waals surface area contributed by atoms with Crippen molar-refractivity contribution in [2.75, 3.05) is 33.4 Å². The van der Waals surface area contributed by atoms with Crippen molar-refractivity contribution in [2.24, 2.45) is 5.92 Å². The van der Waals surface area contributed by atoms with E-state index in [1.807, 2.05) is 7.05 Å². The summed E-state index contributed by atoms with van der Waals surface area (Å²) >= 11 is 0. The summed E-state index contributed by atoms with van der Waals surface area (Å²) in [6.07, 6.45) is 2.61. The Labute approximate surface area is 80.8 Å². The number of ether oxygens (including phenoxy) is 2. The van der Waals surface area contributed by atoms with E-state index < -0.39 is 0 Å². The van der Waals surface area contributed by atoms with Crippen molar-refractivity contribution in [3.8, 4) is 0 Å². The Kier molecular flexibility index (Phi) is 5.35. The number of rotatable bonds is 6. The third-order valence-electron chi connectivity index (χ3n) is 2.48. The maximum atomic E-state index is 5.77. The van der Waals surface area contributed by atoms with Crippen molar-refractivity contribution in [3.05, 3.63) is 0 Å². The summed E-state index contributed by atoms with van der Waals surface area (Å²) in [4.78, 5) is 0. The van der Waals surface area contributed by atoms with Crippen LogP contribution in [0, 0.1) is 5.92 Å². The molecule has 2 atom stereocenters. The molecule has 0 saturated carbocycles. The van der Waals surface area contributed by atoms with Crippen LogP contribution < -0.4 is 5.32 Å². The normalized spacial score (nSPS) is 24.9. The molecule has 0 amide bonds. The fraction of sp³-hybridized carbons (Fsp3) is 1.00. The van der Waals surface area contributed by atoms with Crippen LogP contribution in [-0.2, 0) is 9.47 Å². The fourth-order valence-corrected chi connectivity index (χ4v) is 1.54. The van der Waals surface area contributed by atoms with Crippen LogP contribution in [0.25, 0.3) is 0 Å².